The molecule has 0 saturated carbocycles. The molecule has 1 atom stereocenters. The fraction of sp³-hybridized carbons (Fsp3) is 0.583. The normalized spacial score (nSPS) is 19.2. The molecule has 1 aromatic rings. The van der Waals surface area contributed by atoms with Crippen molar-refractivity contribution in [1.82, 2.24) is 9.97 Å². The summed E-state index contributed by atoms with van der Waals surface area (Å²) in [5.74, 6) is 2.27. The van der Waals surface area contributed by atoms with Crippen molar-refractivity contribution in [2.75, 3.05) is 29.6 Å². The monoisotopic (exact) mass is 283 g/mol. The van der Waals surface area contributed by atoms with Gasteiger partial charge in [-0.1, -0.05) is 0 Å². The number of anilines is 1. The fourth-order valence-corrected chi connectivity index (χ4v) is 3.10. The number of hydrogen-bond donors (Lipinski definition) is 1. The number of nitrogens with zero attached hydrogens (tertiary/aromatic N) is 3. The van der Waals surface area contributed by atoms with Crippen LogP contribution >= 0.6 is 11.8 Å². The first-order valence-electron chi connectivity index (χ1n) is 6.21. The summed E-state index contributed by atoms with van der Waals surface area (Å²) < 4.78 is 5.35. The maximum atomic E-state index is 10.9. The summed E-state index contributed by atoms with van der Waals surface area (Å²) in [6.45, 7) is 3.24. The predicted octanol–water partition coefficient (Wildman–Crippen LogP) is 1.27. The predicted molar refractivity (Wildman–Crippen MR) is 73.9 cm³/mol. The van der Waals surface area contributed by atoms with Gasteiger partial charge in [-0.15, -0.1) is 0 Å². The highest BCUT2D eigenvalue weighted by Gasteiger charge is 2.26. The molecule has 0 radical (unpaired) electrons. The highest BCUT2D eigenvalue weighted by Crippen LogP contribution is 2.25. The molecule has 1 saturated heterocycles. The van der Waals surface area contributed by atoms with Crippen LogP contribution in [0.3, 0.4) is 0 Å². The number of rotatable bonds is 5. The van der Waals surface area contributed by atoms with Gasteiger partial charge in [0, 0.05) is 30.2 Å². The number of carboxylic acid groups (broad SMARTS) is 1. The van der Waals surface area contributed by atoms with Gasteiger partial charge in [0.25, 0.3) is 0 Å². The Hall–Kier alpha value is -1.50. The topological polar surface area (TPSA) is 75.5 Å². The number of aromatic nitrogens is 2. The smallest absolute Gasteiger partial charge is 0.305 e. The quantitative estimate of drug-likeness (QED) is 0.872. The van der Waals surface area contributed by atoms with Crippen LogP contribution in [-0.4, -0.2) is 51.7 Å². The van der Waals surface area contributed by atoms with Gasteiger partial charge in [-0.2, -0.15) is 11.8 Å². The van der Waals surface area contributed by atoms with Gasteiger partial charge >= 0.3 is 5.97 Å². The van der Waals surface area contributed by atoms with E-state index in [1.807, 2.05) is 11.8 Å². The van der Waals surface area contributed by atoms with Gasteiger partial charge in [-0.25, -0.2) is 9.97 Å². The van der Waals surface area contributed by atoms with Crippen LogP contribution < -0.4 is 9.64 Å². The van der Waals surface area contributed by atoms with E-state index in [0.717, 1.165) is 23.9 Å². The molecule has 1 aliphatic heterocycles. The first-order chi connectivity index (χ1) is 9.20. The lowest BCUT2D eigenvalue weighted by atomic mass is 10.2. The fourth-order valence-electron chi connectivity index (χ4n) is 2.04. The van der Waals surface area contributed by atoms with E-state index in [0.29, 0.717) is 12.5 Å². The van der Waals surface area contributed by atoms with Crippen LogP contribution in [0, 0.1) is 0 Å². The summed E-state index contributed by atoms with van der Waals surface area (Å²) in [6.07, 6.45) is 1.58. The molecule has 6 nitrogen and oxygen atoms in total. The largest absolute Gasteiger partial charge is 0.481 e. The van der Waals surface area contributed by atoms with E-state index in [2.05, 4.69) is 9.97 Å². The number of hydrogen-bond acceptors (Lipinski definition) is 6. The Morgan fingerprint density at radius 2 is 2.47 bits per heavy atom. The van der Waals surface area contributed by atoms with Gasteiger partial charge in [0.1, 0.15) is 12.1 Å². The number of carboxylic acids is 1. The molecule has 0 spiro atoms. The molecular weight excluding hydrogens is 266 g/mol. The van der Waals surface area contributed by atoms with Gasteiger partial charge in [-0.3, -0.25) is 4.79 Å². The molecule has 1 unspecified atom stereocenters. The van der Waals surface area contributed by atoms with E-state index in [1.165, 1.54) is 6.33 Å². The molecule has 1 fully saturated rings. The number of thioether (sulfide) groups is 1. The van der Waals surface area contributed by atoms with Crippen molar-refractivity contribution < 1.29 is 14.6 Å². The Morgan fingerprint density at radius 1 is 1.63 bits per heavy atom. The Labute approximate surface area is 116 Å². The Balaban J connectivity index is 2.16. The molecule has 2 rings (SSSR count). The minimum absolute atomic E-state index is 0.0272. The molecule has 7 heteroatoms. The molecule has 19 heavy (non-hydrogen) atoms. The lowest BCUT2D eigenvalue weighted by Crippen LogP contribution is -2.44. The molecule has 1 aromatic heterocycles. The maximum Gasteiger partial charge on any atom is 0.305 e. The standard InChI is InChI=1S/C12H17N3O3S/c1-2-18-11-6-10(13-8-14-11)15-3-4-19-7-9(15)5-12(16)17/h6,8-9H,2-5,7H2,1H3,(H,16,17). The van der Waals surface area contributed by atoms with E-state index in [-0.39, 0.29) is 12.5 Å². The van der Waals surface area contributed by atoms with Crippen molar-refractivity contribution in [2.45, 2.75) is 19.4 Å². The van der Waals surface area contributed by atoms with E-state index in [1.54, 1.807) is 17.8 Å². The Morgan fingerprint density at radius 3 is 3.21 bits per heavy atom. The lowest BCUT2D eigenvalue weighted by Gasteiger charge is -2.35. The van der Waals surface area contributed by atoms with Crippen LogP contribution in [0.4, 0.5) is 5.82 Å². The average Bonchev–Trinajstić information content (AvgIpc) is 2.39. The molecule has 0 aliphatic carbocycles. The summed E-state index contributed by atoms with van der Waals surface area (Å²) in [5, 5.41) is 8.98. The van der Waals surface area contributed by atoms with Crippen molar-refractivity contribution in [2.24, 2.45) is 0 Å². The van der Waals surface area contributed by atoms with Crippen LogP contribution in [0.15, 0.2) is 12.4 Å². The van der Waals surface area contributed by atoms with Gasteiger partial charge in [0.05, 0.1) is 13.0 Å². The van der Waals surface area contributed by atoms with E-state index in [4.69, 9.17) is 9.84 Å². The summed E-state index contributed by atoms with van der Waals surface area (Å²) in [4.78, 5) is 21.2. The first-order valence-corrected chi connectivity index (χ1v) is 7.37. The first kappa shape index (κ1) is 13.9. The van der Waals surface area contributed by atoms with Crippen molar-refractivity contribution in [3.05, 3.63) is 12.4 Å². The highest BCUT2D eigenvalue weighted by atomic mass is 32.2. The zero-order valence-electron chi connectivity index (χ0n) is 10.8. The third-order valence-electron chi connectivity index (χ3n) is 2.85. The van der Waals surface area contributed by atoms with Crippen LogP contribution in [0.5, 0.6) is 5.88 Å². The summed E-state index contributed by atoms with van der Waals surface area (Å²) in [6, 6.07) is 1.74. The van der Waals surface area contributed by atoms with E-state index in [9.17, 15) is 4.79 Å². The molecule has 1 N–H and O–H groups in total. The molecule has 2 heterocycles. The number of carbonyl (C=O) groups is 1. The average molecular weight is 283 g/mol. The summed E-state index contributed by atoms with van der Waals surface area (Å²) >= 11 is 1.78. The van der Waals surface area contributed by atoms with E-state index < -0.39 is 5.97 Å². The van der Waals surface area contributed by atoms with Gasteiger partial charge in [0.15, 0.2) is 0 Å². The molecule has 0 aromatic carbocycles. The molecule has 1 aliphatic rings. The summed E-state index contributed by atoms with van der Waals surface area (Å²) in [7, 11) is 0. The van der Waals surface area contributed by atoms with Crippen LogP contribution in [0.2, 0.25) is 0 Å². The van der Waals surface area contributed by atoms with Crippen LogP contribution in [0.25, 0.3) is 0 Å². The molecule has 0 amide bonds. The third kappa shape index (κ3) is 3.73. The summed E-state index contributed by atoms with van der Waals surface area (Å²) in [5.41, 5.74) is 0. The second kappa shape index (κ2) is 6.60. The number of ether oxygens (including phenoxy) is 1. The molecular formula is C12H17N3O3S. The maximum absolute atomic E-state index is 10.9. The van der Waals surface area contributed by atoms with Crippen molar-refractivity contribution in [3.63, 3.8) is 0 Å². The van der Waals surface area contributed by atoms with Crippen molar-refractivity contribution >= 4 is 23.5 Å². The Kier molecular flexibility index (Phi) is 4.84. The highest BCUT2D eigenvalue weighted by molar-refractivity contribution is 7.99. The Bertz CT molecular complexity index is 444. The van der Waals surface area contributed by atoms with Crippen molar-refractivity contribution in [3.8, 4) is 5.88 Å². The second-order valence-electron chi connectivity index (χ2n) is 4.17. The van der Waals surface area contributed by atoms with Crippen molar-refractivity contribution in [1.29, 1.82) is 0 Å². The zero-order chi connectivity index (χ0) is 13.7. The molecule has 0 bridgehead atoms. The minimum Gasteiger partial charge on any atom is -0.481 e. The SMILES string of the molecule is CCOc1cc(N2CCSCC2CC(=O)O)ncn1. The van der Waals surface area contributed by atoms with Crippen LogP contribution in [0.1, 0.15) is 13.3 Å². The van der Waals surface area contributed by atoms with Gasteiger partial charge < -0.3 is 14.7 Å². The van der Waals surface area contributed by atoms with Crippen LogP contribution in [-0.2, 0) is 4.79 Å². The second-order valence-corrected chi connectivity index (χ2v) is 5.32. The third-order valence-corrected chi connectivity index (χ3v) is 3.94. The number of aliphatic carboxylic acids is 1. The molecule has 104 valence electrons. The zero-order valence-corrected chi connectivity index (χ0v) is 11.6. The lowest BCUT2D eigenvalue weighted by molar-refractivity contribution is -0.137. The van der Waals surface area contributed by atoms with E-state index >= 15 is 0 Å². The minimum atomic E-state index is -0.781. The van der Waals surface area contributed by atoms with Gasteiger partial charge in [0.2, 0.25) is 5.88 Å². The van der Waals surface area contributed by atoms with Gasteiger partial charge in [-0.05, 0) is 6.92 Å².